The molecule has 0 aromatic heterocycles. The van der Waals surface area contributed by atoms with Crippen LogP contribution in [0.3, 0.4) is 0 Å². The summed E-state index contributed by atoms with van der Waals surface area (Å²) >= 11 is 0. The minimum absolute atomic E-state index is 0.00808. The SMILES string of the molecule is CO[P+](=O)OC1=C(C)CCCC1(C)C. The summed E-state index contributed by atoms with van der Waals surface area (Å²) in [5.74, 6) is 0.853. The maximum absolute atomic E-state index is 11.2. The van der Waals surface area contributed by atoms with Gasteiger partial charge in [-0.3, -0.25) is 0 Å². The minimum atomic E-state index is -1.99. The van der Waals surface area contributed by atoms with Crippen molar-refractivity contribution in [1.82, 2.24) is 0 Å². The van der Waals surface area contributed by atoms with E-state index in [1.807, 2.05) is 6.92 Å². The molecule has 0 N–H and O–H groups in total. The van der Waals surface area contributed by atoms with Gasteiger partial charge < -0.3 is 0 Å². The van der Waals surface area contributed by atoms with E-state index in [2.05, 4.69) is 18.4 Å². The maximum atomic E-state index is 11.2. The molecule has 1 rings (SSSR count). The summed E-state index contributed by atoms with van der Waals surface area (Å²) < 4.78 is 21.2. The number of hydrogen-bond donors (Lipinski definition) is 0. The molecule has 0 saturated carbocycles. The summed E-state index contributed by atoms with van der Waals surface area (Å²) in [7, 11) is -0.601. The van der Waals surface area contributed by atoms with Crippen molar-refractivity contribution >= 4 is 8.25 Å². The highest BCUT2D eigenvalue weighted by Crippen LogP contribution is 2.44. The molecule has 0 saturated heterocycles. The molecular formula is C10H18O3P+. The van der Waals surface area contributed by atoms with Crippen LogP contribution in [0.5, 0.6) is 0 Å². The Hall–Kier alpha value is -0.400. The lowest BCUT2D eigenvalue weighted by molar-refractivity contribution is 0.212. The predicted molar refractivity (Wildman–Crippen MR) is 56.0 cm³/mol. The third-order valence-corrected chi connectivity index (χ3v) is 3.30. The summed E-state index contributed by atoms with van der Waals surface area (Å²) in [6.07, 6.45) is 3.29. The van der Waals surface area contributed by atoms with E-state index in [4.69, 9.17) is 4.52 Å². The van der Waals surface area contributed by atoms with Crippen molar-refractivity contribution in [3.05, 3.63) is 11.3 Å². The Bertz CT molecular complexity index is 269. The fourth-order valence-electron chi connectivity index (χ4n) is 1.91. The van der Waals surface area contributed by atoms with Crippen LogP contribution in [0.1, 0.15) is 40.0 Å². The van der Waals surface area contributed by atoms with E-state index in [1.54, 1.807) is 0 Å². The first-order valence-electron chi connectivity index (χ1n) is 4.87. The Balaban J connectivity index is 2.85. The molecule has 3 nitrogen and oxygen atoms in total. The first-order valence-corrected chi connectivity index (χ1v) is 5.96. The van der Waals surface area contributed by atoms with Crippen LogP contribution in [-0.2, 0) is 13.6 Å². The van der Waals surface area contributed by atoms with Gasteiger partial charge in [0.25, 0.3) is 0 Å². The lowest BCUT2D eigenvalue weighted by atomic mass is 9.78. The summed E-state index contributed by atoms with van der Waals surface area (Å²) in [5, 5.41) is 0. The monoisotopic (exact) mass is 217 g/mol. The van der Waals surface area contributed by atoms with Crippen LogP contribution in [0.4, 0.5) is 0 Å². The van der Waals surface area contributed by atoms with Crippen LogP contribution < -0.4 is 0 Å². The van der Waals surface area contributed by atoms with Gasteiger partial charge in [-0.2, -0.15) is 0 Å². The van der Waals surface area contributed by atoms with E-state index in [-0.39, 0.29) is 5.41 Å². The van der Waals surface area contributed by atoms with Gasteiger partial charge in [0, 0.05) is 9.98 Å². The molecule has 0 amide bonds. The maximum Gasteiger partial charge on any atom is 0.749 e. The molecule has 0 heterocycles. The lowest BCUT2D eigenvalue weighted by Gasteiger charge is -2.29. The molecule has 14 heavy (non-hydrogen) atoms. The Labute approximate surface area is 86.4 Å². The Morgan fingerprint density at radius 1 is 1.43 bits per heavy atom. The average molecular weight is 217 g/mol. The zero-order valence-electron chi connectivity index (χ0n) is 9.29. The molecule has 0 fully saturated rings. The van der Waals surface area contributed by atoms with E-state index >= 15 is 0 Å². The molecule has 0 aromatic carbocycles. The number of hydrogen-bond acceptors (Lipinski definition) is 3. The smallest absolute Gasteiger partial charge is 0.233 e. The summed E-state index contributed by atoms with van der Waals surface area (Å²) in [6.45, 7) is 6.27. The zero-order chi connectivity index (χ0) is 10.8. The number of rotatable bonds is 3. The van der Waals surface area contributed by atoms with E-state index in [1.165, 1.54) is 19.1 Å². The normalized spacial score (nSPS) is 22.1. The minimum Gasteiger partial charge on any atom is -0.233 e. The van der Waals surface area contributed by atoms with E-state index in [0.29, 0.717) is 0 Å². The van der Waals surface area contributed by atoms with Gasteiger partial charge in [-0.25, -0.2) is 4.52 Å². The van der Waals surface area contributed by atoms with Crippen molar-refractivity contribution in [3.63, 3.8) is 0 Å². The molecule has 0 aliphatic heterocycles. The molecule has 4 heteroatoms. The largest absolute Gasteiger partial charge is 0.749 e. The molecular weight excluding hydrogens is 199 g/mol. The van der Waals surface area contributed by atoms with Crippen LogP contribution in [0, 0.1) is 5.41 Å². The molecule has 0 spiro atoms. The first kappa shape index (κ1) is 11.7. The van der Waals surface area contributed by atoms with E-state index < -0.39 is 8.25 Å². The van der Waals surface area contributed by atoms with Crippen molar-refractivity contribution in [2.45, 2.75) is 40.0 Å². The van der Waals surface area contributed by atoms with Crippen LogP contribution in [0.15, 0.2) is 11.3 Å². The second-order valence-corrected chi connectivity index (χ2v) is 5.34. The number of allylic oxidation sites excluding steroid dienone is 2. The second-order valence-electron chi connectivity index (χ2n) is 4.34. The van der Waals surface area contributed by atoms with Crippen molar-refractivity contribution in [3.8, 4) is 0 Å². The van der Waals surface area contributed by atoms with Crippen LogP contribution in [0.2, 0.25) is 0 Å². The summed E-state index contributed by atoms with van der Waals surface area (Å²) in [6, 6.07) is 0. The Kier molecular flexibility index (Phi) is 3.68. The molecule has 0 aromatic rings. The molecule has 0 bridgehead atoms. The predicted octanol–water partition coefficient (Wildman–Crippen LogP) is 3.79. The third kappa shape index (κ3) is 2.55. The van der Waals surface area contributed by atoms with Crippen LogP contribution in [0.25, 0.3) is 0 Å². The molecule has 1 unspecified atom stereocenters. The zero-order valence-corrected chi connectivity index (χ0v) is 10.2. The van der Waals surface area contributed by atoms with Gasteiger partial charge in [0.15, 0.2) is 5.76 Å². The lowest BCUT2D eigenvalue weighted by Crippen LogP contribution is -2.21. The molecule has 1 aliphatic carbocycles. The van der Waals surface area contributed by atoms with Gasteiger partial charge in [0.05, 0.1) is 7.11 Å². The molecule has 0 radical (unpaired) electrons. The standard InChI is InChI=1S/C10H18O3P/c1-8-6-5-7-10(2,3)9(8)13-14(11)12-4/h5-7H2,1-4H3/q+1. The van der Waals surface area contributed by atoms with Crippen molar-refractivity contribution < 1.29 is 13.6 Å². The first-order chi connectivity index (χ1) is 6.47. The highest BCUT2D eigenvalue weighted by atomic mass is 31.1. The molecule has 80 valence electrons. The van der Waals surface area contributed by atoms with Gasteiger partial charge in [-0.15, -0.1) is 4.52 Å². The van der Waals surface area contributed by atoms with E-state index in [0.717, 1.165) is 18.6 Å². The van der Waals surface area contributed by atoms with Crippen LogP contribution in [-0.4, -0.2) is 7.11 Å². The topological polar surface area (TPSA) is 35.5 Å². The van der Waals surface area contributed by atoms with Crippen molar-refractivity contribution in [2.75, 3.05) is 7.11 Å². The van der Waals surface area contributed by atoms with Crippen LogP contribution >= 0.6 is 8.25 Å². The Morgan fingerprint density at radius 3 is 2.57 bits per heavy atom. The molecule has 1 aliphatic rings. The van der Waals surface area contributed by atoms with Gasteiger partial charge >= 0.3 is 8.25 Å². The van der Waals surface area contributed by atoms with Crippen molar-refractivity contribution in [2.24, 2.45) is 5.41 Å². The van der Waals surface area contributed by atoms with Crippen molar-refractivity contribution in [1.29, 1.82) is 0 Å². The quantitative estimate of drug-likeness (QED) is 0.674. The van der Waals surface area contributed by atoms with E-state index in [9.17, 15) is 4.57 Å². The third-order valence-electron chi connectivity index (χ3n) is 2.67. The highest BCUT2D eigenvalue weighted by Gasteiger charge is 2.36. The fraction of sp³-hybridized carbons (Fsp3) is 0.800. The summed E-state index contributed by atoms with van der Waals surface area (Å²) in [4.78, 5) is 0. The van der Waals surface area contributed by atoms with Gasteiger partial charge in [0.2, 0.25) is 0 Å². The molecule has 1 atom stereocenters. The Morgan fingerprint density at radius 2 is 2.07 bits per heavy atom. The van der Waals surface area contributed by atoms with Gasteiger partial charge in [-0.1, -0.05) is 13.8 Å². The van der Waals surface area contributed by atoms with Gasteiger partial charge in [-0.05, 0) is 31.8 Å². The van der Waals surface area contributed by atoms with Gasteiger partial charge in [0.1, 0.15) is 0 Å². The second kappa shape index (κ2) is 4.41. The highest BCUT2D eigenvalue weighted by molar-refractivity contribution is 7.33. The fourth-order valence-corrected chi connectivity index (χ4v) is 2.54. The average Bonchev–Trinajstić information content (AvgIpc) is 2.11. The summed E-state index contributed by atoms with van der Waals surface area (Å²) in [5.41, 5.74) is 1.19.